The van der Waals surface area contributed by atoms with E-state index in [1.54, 1.807) is 24.3 Å². The van der Waals surface area contributed by atoms with Crippen molar-refractivity contribution < 1.29 is 17.6 Å². The van der Waals surface area contributed by atoms with E-state index in [4.69, 9.17) is 0 Å². The molecule has 0 amide bonds. The third-order valence-corrected chi connectivity index (χ3v) is 3.51. The van der Waals surface area contributed by atoms with E-state index in [1.807, 2.05) is 0 Å². The van der Waals surface area contributed by atoms with Gasteiger partial charge in [-0.2, -0.15) is 13.2 Å². The molecule has 0 aliphatic rings. The molecule has 2 aromatic rings. The highest BCUT2D eigenvalue weighted by Gasteiger charge is 2.33. The maximum Gasteiger partial charge on any atom is 0.390 e. The summed E-state index contributed by atoms with van der Waals surface area (Å²) < 4.78 is 52.0. The normalized spacial score (nSPS) is 13.2. The van der Waals surface area contributed by atoms with Crippen molar-refractivity contribution in [1.29, 1.82) is 0 Å². The Hall–Kier alpha value is -1.36. The summed E-state index contributed by atoms with van der Waals surface area (Å²) in [6.07, 6.45) is -5.26. The molecule has 2 aromatic carbocycles. The fourth-order valence-corrected chi connectivity index (χ4v) is 2.31. The molecule has 0 aliphatic carbocycles. The fraction of sp³-hybridized carbons (Fsp3) is 0.200. The smallest absolute Gasteiger partial charge is 0.207 e. The molecule has 0 heterocycles. The van der Waals surface area contributed by atoms with Crippen LogP contribution in [-0.4, -0.2) is 6.18 Å². The molecule has 0 saturated carbocycles. The van der Waals surface area contributed by atoms with E-state index in [-0.39, 0.29) is 0 Å². The third-order valence-electron chi connectivity index (χ3n) is 2.98. The van der Waals surface area contributed by atoms with Gasteiger partial charge in [0.25, 0.3) is 0 Å². The predicted octanol–water partition coefficient (Wildman–Crippen LogP) is 5.67. The average molecular weight is 347 g/mol. The van der Waals surface area contributed by atoms with Crippen LogP contribution in [0.3, 0.4) is 0 Å². The molecule has 1 atom stereocenters. The van der Waals surface area contributed by atoms with Gasteiger partial charge < -0.3 is 0 Å². The van der Waals surface area contributed by atoms with Crippen LogP contribution in [-0.2, 0) is 0 Å². The molecule has 2 rings (SSSR count). The standard InChI is InChI=1S/C15H11BrF4/c16-12-5-1-10(2-6-12)14(9-15(18,19)20)11-3-7-13(17)8-4-11/h1-8,14H,9H2/t14-/m1/s1. The second-order valence-corrected chi connectivity index (χ2v) is 5.39. The molecule has 0 aliphatic heterocycles. The van der Waals surface area contributed by atoms with Crippen molar-refractivity contribution >= 4 is 15.9 Å². The summed E-state index contributed by atoms with van der Waals surface area (Å²) in [5.74, 6) is -1.29. The molecular weight excluding hydrogens is 336 g/mol. The Morgan fingerprint density at radius 2 is 1.30 bits per heavy atom. The van der Waals surface area contributed by atoms with Gasteiger partial charge in [0.05, 0.1) is 6.42 Å². The lowest BCUT2D eigenvalue weighted by molar-refractivity contribution is -0.136. The van der Waals surface area contributed by atoms with Crippen LogP contribution in [0.1, 0.15) is 23.5 Å². The van der Waals surface area contributed by atoms with Crippen LogP contribution in [0.15, 0.2) is 53.0 Å². The molecule has 106 valence electrons. The molecule has 0 N–H and O–H groups in total. The lowest BCUT2D eigenvalue weighted by Gasteiger charge is -2.20. The maximum atomic E-state index is 12.9. The number of benzene rings is 2. The minimum absolute atomic E-state index is 0.450. The maximum absolute atomic E-state index is 12.9. The van der Waals surface area contributed by atoms with Crippen molar-refractivity contribution in [2.24, 2.45) is 0 Å². The topological polar surface area (TPSA) is 0 Å². The van der Waals surface area contributed by atoms with E-state index >= 15 is 0 Å². The summed E-state index contributed by atoms with van der Waals surface area (Å²) in [6, 6.07) is 11.8. The van der Waals surface area contributed by atoms with Crippen molar-refractivity contribution in [2.75, 3.05) is 0 Å². The third kappa shape index (κ3) is 4.07. The Morgan fingerprint density at radius 3 is 1.75 bits per heavy atom. The first-order valence-electron chi connectivity index (χ1n) is 5.93. The van der Waals surface area contributed by atoms with E-state index in [0.717, 1.165) is 4.47 Å². The zero-order valence-corrected chi connectivity index (χ0v) is 11.9. The van der Waals surface area contributed by atoms with Crippen molar-refractivity contribution in [1.82, 2.24) is 0 Å². The number of alkyl halides is 3. The Labute approximate surface area is 122 Å². The molecule has 0 spiro atoms. The van der Waals surface area contributed by atoms with Crippen molar-refractivity contribution in [3.8, 4) is 0 Å². The zero-order valence-electron chi connectivity index (χ0n) is 10.3. The highest BCUT2D eigenvalue weighted by atomic mass is 79.9. The summed E-state index contributed by atoms with van der Waals surface area (Å²) >= 11 is 3.25. The molecule has 0 radical (unpaired) electrons. The van der Waals surface area contributed by atoms with Gasteiger partial charge >= 0.3 is 6.18 Å². The molecule has 20 heavy (non-hydrogen) atoms. The van der Waals surface area contributed by atoms with Crippen molar-refractivity contribution in [2.45, 2.75) is 18.5 Å². The first-order chi connectivity index (χ1) is 9.35. The quantitative estimate of drug-likeness (QED) is 0.628. The molecule has 0 saturated heterocycles. The largest absolute Gasteiger partial charge is 0.390 e. The van der Waals surface area contributed by atoms with Gasteiger partial charge in [-0.15, -0.1) is 0 Å². The SMILES string of the molecule is Fc1ccc([C@H](CC(F)(F)F)c2ccc(Br)cc2)cc1. The van der Waals surface area contributed by atoms with E-state index in [2.05, 4.69) is 15.9 Å². The molecule has 0 bridgehead atoms. The van der Waals surface area contributed by atoms with Gasteiger partial charge in [0.15, 0.2) is 0 Å². The van der Waals surface area contributed by atoms with Gasteiger partial charge in [-0.1, -0.05) is 40.2 Å². The van der Waals surface area contributed by atoms with Crippen LogP contribution in [0.4, 0.5) is 17.6 Å². The number of hydrogen-bond acceptors (Lipinski definition) is 0. The fourth-order valence-electron chi connectivity index (χ4n) is 2.05. The summed E-state index contributed by atoms with van der Waals surface area (Å²) in [5, 5.41) is 0. The summed E-state index contributed by atoms with van der Waals surface area (Å²) in [7, 11) is 0. The second kappa shape index (κ2) is 5.95. The van der Waals surface area contributed by atoms with Gasteiger partial charge in [-0.3, -0.25) is 0 Å². The number of hydrogen-bond donors (Lipinski definition) is 0. The Balaban J connectivity index is 2.38. The minimum Gasteiger partial charge on any atom is -0.207 e. The van der Waals surface area contributed by atoms with Crippen LogP contribution < -0.4 is 0 Å². The van der Waals surface area contributed by atoms with Crippen LogP contribution in [0.5, 0.6) is 0 Å². The minimum atomic E-state index is -4.29. The molecule has 5 heteroatoms. The molecule has 0 unspecified atom stereocenters. The Bertz CT molecular complexity index is 512. The first-order valence-corrected chi connectivity index (χ1v) is 6.72. The van der Waals surface area contributed by atoms with E-state index in [1.165, 1.54) is 24.3 Å². The Kier molecular flexibility index (Phi) is 4.48. The van der Waals surface area contributed by atoms with E-state index in [9.17, 15) is 17.6 Å². The lowest BCUT2D eigenvalue weighted by atomic mass is 9.88. The molecule has 0 aromatic heterocycles. The van der Waals surface area contributed by atoms with Crippen LogP contribution in [0.25, 0.3) is 0 Å². The van der Waals surface area contributed by atoms with Crippen molar-refractivity contribution in [3.63, 3.8) is 0 Å². The van der Waals surface area contributed by atoms with Crippen LogP contribution in [0, 0.1) is 5.82 Å². The van der Waals surface area contributed by atoms with Crippen LogP contribution in [0.2, 0.25) is 0 Å². The number of rotatable bonds is 3. The van der Waals surface area contributed by atoms with Gasteiger partial charge in [0, 0.05) is 10.4 Å². The van der Waals surface area contributed by atoms with Crippen LogP contribution >= 0.6 is 15.9 Å². The first kappa shape index (κ1) is 15.0. The van der Waals surface area contributed by atoms with Gasteiger partial charge in [-0.05, 0) is 35.4 Å². The van der Waals surface area contributed by atoms with Gasteiger partial charge in [-0.25, -0.2) is 4.39 Å². The highest BCUT2D eigenvalue weighted by molar-refractivity contribution is 9.10. The summed E-state index contributed by atoms with van der Waals surface area (Å²) in [4.78, 5) is 0. The monoisotopic (exact) mass is 346 g/mol. The zero-order chi connectivity index (χ0) is 14.8. The molecule has 0 fully saturated rings. The van der Waals surface area contributed by atoms with Gasteiger partial charge in [0.2, 0.25) is 0 Å². The summed E-state index contributed by atoms with van der Waals surface area (Å²) in [6.45, 7) is 0. The second-order valence-electron chi connectivity index (χ2n) is 4.47. The lowest BCUT2D eigenvalue weighted by Crippen LogP contribution is -2.15. The Morgan fingerprint density at radius 1 is 0.850 bits per heavy atom. The van der Waals surface area contributed by atoms with Gasteiger partial charge in [0.1, 0.15) is 5.82 Å². The summed E-state index contributed by atoms with van der Waals surface area (Å²) in [5.41, 5.74) is 1.00. The van der Waals surface area contributed by atoms with E-state index in [0.29, 0.717) is 11.1 Å². The van der Waals surface area contributed by atoms with Crippen molar-refractivity contribution in [3.05, 3.63) is 69.9 Å². The highest BCUT2D eigenvalue weighted by Crippen LogP contribution is 2.36. The van der Waals surface area contributed by atoms with E-state index < -0.39 is 24.3 Å². The molecular formula is C15H11BrF4. The molecule has 0 nitrogen and oxygen atoms in total. The average Bonchev–Trinajstić information content (AvgIpc) is 2.37. The number of halogens is 5. The predicted molar refractivity (Wildman–Crippen MR) is 73.1 cm³/mol.